The Morgan fingerprint density at radius 2 is 1.68 bits per heavy atom. The van der Waals surface area contributed by atoms with Gasteiger partial charge in [-0.3, -0.25) is 19.5 Å². The molecule has 1 amide bonds. The van der Waals surface area contributed by atoms with Crippen LogP contribution in [0.5, 0.6) is 5.75 Å². The molecular formula is C29H28ClN3O4. The Kier molecular flexibility index (Phi) is 7.15. The number of rotatable bonds is 6. The fourth-order valence-corrected chi connectivity index (χ4v) is 5.23. The number of nitrogens with zero attached hydrogens (tertiary/aromatic N) is 3. The number of anilines is 2. The van der Waals surface area contributed by atoms with Crippen LogP contribution in [0.2, 0.25) is 5.02 Å². The SMILES string of the molecule is CCOc1ccc(Cl)c(/C(O)=C2\C(=O)C(=O)N(c3ccc(N4CCCCC4)cc3)C2c2ccncc2)c1. The van der Waals surface area contributed by atoms with E-state index in [1.165, 1.54) is 11.3 Å². The highest BCUT2D eigenvalue weighted by atomic mass is 35.5. The summed E-state index contributed by atoms with van der Waals surface area (Å²) < 4.78 is 5.56. The average molecular weight is 518 g/mol. The summed E-state index contributed by atoms with van der Waals surface area (Å²) in [6.45, 7) is 4.28. The number of ether oxygens (including phenoxy) is 1. The van der Waals surface area contributed by atoms with Gasteiger partial charge in [-0.25, -0.2) is 0 Å². The van der Waals surface area contributed by atoms with Gasteiger partial charge in [0.2, 0.25) is 0 Å². The fraction of sp³-hybridized carbons (Fsp3) is 0.276. The Morgan fingerprint density at radius 1 is 1.00 bits per heavy atom. The number of carbonyl (C=O) groups is 2. The second kappa shape index (κ2) is 10.6. The lowest BCUT2D eigenvalue weighted by atomic mass is 9.95. The highest BCUT2D eigenvalue weighted by molar-refractivity contribution is 6.52. The molecule has 3 heterocycles. The maximum Gasteiger partial charge on any atom is 0.300 e. The van der Waals surface area contributed by atoms with Crippen molar-refractivity contribution >= 4 is 40.4 Å². The fourth-order valence-electron chi connectivity index (χ4n) is 5.02. The van der Waals surface area contributed by atoms with Crippen molar-refractivity contribution in [2.45, 2.75) is 32.2 Å². The summed E-state index contributed by atoms with van der Waals surface area (Å²) in [5, 5.41) is 11.7. The topological polar surface area (TPSA) is 83.0 Å². The number of pyridine rings is 1. The lowest BCUT2D eigenvalue weighted by molar-refractivity contribution is -0.132. The van der Waals surface area contributed by atoms with Crippen LogP contribution in [-0.2, 0) is 9.59 Å². The minimum absolute atomic E-state index is 0.0353. The first-order valence-corrected chi connectivity index (χ1v) is 12.9. The molecule has 1 N–H and O–H groups in total. The number of aliphatic hydroxyl groups excluding tert-OH is 1. The van der Waals surface area contributed by atoms with Crippen LogP contribution in [0.3, 0.4) is 0 Å². The Morgan fingerprint density at radius 3 is 2.35 bits per heavy atom. The molecule has 1 unspecified atom stereocenters. The zero-order chi connectivity index (χ0) is 25.9. The number of aromatic nitrogens is 1. The summed E-state index contributed by atoms with van der Waals surface area (Å²) in [6.07, 6.45) is 6.74. The molecule has 0 spiro atoms. The molecule has 2 fully saturated rings. The summed E-state index contributed by atoms with van der Waals surface area (Å²) >= 11 is 6.42. The van der Waals surface area contributed by atoms with Gasteiger partial charge in [-0.05, 0) is 86.3 Å². The van der Waals surface area contributed by atoms with Crippen molar-refractivity contribution < 1.29 is 19.4 Å². The molecule has 2 aliphatic rings. The van der Waals surface area contributed by atoms with Crippen molar-refractivity contribution in [1.29, 1.82) is 0 Å². The van der Waals surface area contributed by atoms with Gasteiger partial charge in [0.1, 0.15) is 11.5 Å². The van der Waals surface area contributed by atoms with Crippen molar-refractivity contribution in [2.75, 3.05) is 29.5 Å². The molecule has 0 bridgehead atoms. The van der Waals surface area contributed by atoms with E-state index in [1.54, 1.807) is 42.7 Å². The van der Waals surface area contributed by atoms with Crippen LogP contribution in [0.15, 0.2) is 72.6 Å². The van der Waals surface area contributed by atoms with E-state index in [0.29, 0.717) is 23.6 Å². The zero-order valence-corrected chi connectivity index (χ0v) is 21.3. The number of hydrogen-bond acceptors (Lipinski definition) is 6. The van der Waals surface area contributed by atoms with Gasteiger partial charge in [-0.2, -0.15) is 0 Å². The molecule has 8 heteroatoms. The lowest BCUT2D eigenvalue weighted by Gasteiger charge is -2.30. The molecule has 5 rings (SSSR count). The van der Waals surface area contributed by atoms with Gasteiger partial charge in [-0.15, -0.1) is 0 Å². The number of halogens is 1. The Labute approximate surface area is 220 Å². The van der Waals surface area contributed by atoms with E-state index in [-0.39, 0.29) is 21.9 Å². The number of ketones is 1. The van der Waals surface area contributed by atoms with E-state index in [1.807, 2.05) is 31.2 Å². The van der Waals surface area contributed by atoms with Crippen molar-refractivity contribution in [3.63, 3.8) is 0 Å². The number of aliphatic hydroxyl groups is 1. The first-order chi connectivity index (χ1) is 18.0. The van der Waals surface area contributed by atoms with E-state index in [9.17, 15) is 14.7 Å². The van der Waals surface area contributed by atoms with Gasteiger partial charge in [-0.1, -0.05) is 11.6 Å². The van der Waals surface area contributed by atoms with E-state index in [4.69, 9.17) is 16.3 Å². The van der Waals surface area contributed by atoms with Gasteiger partial charge in [0, 0.05) is 42.4 Å². The van der Waals surface area contributed by atoms with Gasteiger partial charge in [0.25, 0.3) is 11.7 Å². The third-order valence-corrected chi connectivity index (χ3v) is 7.15. The van der Waals surface area contributed by atoms with Crippen molar-refractivity contribution in [3.8, 4) is 5.75 Å². The van der Waals surface area contributed by atoms with Crippen molar-refractivity contribution in [3.05, 3.63) is 88.7 Å². The monoisotopic (exact) mass is 517 g/mol. The van der Waals surface area contributed by atoms with Crippen LogP contribution in [-0.4, -0.2) is 41.5 Å². The molecule has 7 nitrogen and oxygen atoms in total. The van der Waals surface area contributed by atoms with Crippen molar-refractivity contribution in [2.24, 2.45) is 0 Å². The summed E-state index contributed by atoms with van der Waals surface area (Å²) in [4.78, 5) is 34.7. The molecule has 190 valence electrons. The molecule has 2 saturated heterocycles. The van der Waals surface area contributed by atoms with Gasteiger partial charge in [0.05, 0.1) is 23.2 Å². The van der Waals surface area contributed by atoms with Crippen LogP contribution in [0, 0.1) is 0 Å². The number of piperidine rings is 1. The second-order valence-electron chi connectivity index (χ2n) is 9.09. The molecule has 3 aromatic rings. The molecule has 0 radical (unpaired) electrons. The quantitative estimate of drug-likeness (QED) is 0.255. The first kappa shape index (κ1) is 24.8. The molecule has 1 atom stereocenters. The van der Waals surface area contributed by atoms with E-state index in [0.717, 1.165) is 31.6 Å². The van der Waals surface area contributed by atoms with Crippen LogP contribution in [0.25, 0.3) is 5.76 Å². The minimum atomic E-state index is -0.851. The number of amides is 1. The van der Waals surface area contributed by atoms with Crippen molar-refractivity contribution in [1.82, 2.24) is 4.98 Å². The highest BCUT2D eigenvalue weighted by Gasteiger charge is 2.47. The minimum Gasteiger partial charge on any atom is -0.507 e. The summed E-state index contributed by atoms with van der Waals surface area (Å²) in [7, 11) is 0. The Bertz CT molecular complexity index is 1340. The second-order valence-corrected chi connectivity index (χ2v) is 9.50. The maximum absolute atomic E-state index is 13.4. The third kappa shape index (κ3) is 4.79. The predicted molar refractivity (Wildman–Crippen MR) is 144 cm³/mol. The standard InChI is InChI=1S/C29H28ClN3O4/c1-2-37-22-10-11-24(30)23(18-22)27(34)25-26(19-12-14-31-15-13-19)33(29(36)28(25)35)21-8-6-20(7-9-21)32-16-4-3-5-17-32/h6-15,18,26,34H,2-5,16-17H2,1H3/b27-25+. The number of hydrogen-bond donors (Lipinski definition) is 1. The number of carbonyl (C=O) groups excluding carboxylic acids is 2. The molecule has 0 aliphatic carbocycles. The molecular weight excluding hydrogens is 490 g/mol. The van der Waals surface area contributed by atoms with E-state index >= 15 is 0 Å². The largest absolute Gasteiger partial charge is 0.507 e. The lowest BCUT2D eigenvalue weighted by Crippen LogP contribution is -2.30. The Hall–Kier alpha value is -3.84. The first-order valence-electron chi connectivity index (χ1n) is 12.5. The maximum atomic E-state index is 13.4. The Balaban J connectivity index is 1.61. The number of Topliss-reactive ketones (excluding diaryl/α,β-unsaturated/α-hetero) is 1. The molecule has 37 heavy (non-hydrogen) atoms. The van der Waals surface area contributed by atoms with Gasteiger partial charge >= 0.3 is 0 Å². The molecule has 2 aliphatic heterocycles. The molecule has 2 aromatic carbocycles. The van der Waals surface area contributed by atoms with Crippen LogP contribution < -0.4 is 14.5 Å². The predicted octanol–water partition coefficient (Wildman–Crippen LogP) is 5.75. The summed E-state index contributed by atoms with van der Waals surface area (Å²) in [5.41, 5.74) is 2.49. The van der Waals surface area contributed by atoms with Crippen LogP contribution >= 0.6 is 11.6 Å². The van der Waals surface area contributed by atoms with Gasteiger partial charge in [0.15, 0.2) is 0 Å². The molecule has 0 saturated carbocycles. The summed E-state index contributed by atoms with van der Waals surface area (Å²) in [5.74, 6) is -1.35. The van der Waals surface area contributed by atoms with Crippen LogP contribution in [0.4, 0.5) is 11.4 Å². The van der Waals surface area contributed by atoms with Gasteiger partial charge < -0.3 is 14.7 Å². The van der Waals surface area contributed by atoms with E-state index < -0.39 is 17.7 Å². The average Bonchev–Trinajstić information content (AvgIpc) is 3.20. The molecule has 1 aromatic heterocycles. The third-order valence-electron chi connectivity index (χ3n) is 6.82. The zero-order valence-electron chi connectivity index (χ0n) is 20.6. The smallest absolute Gasteiger partial charge is 0.300 e. The summed E-state index contributed by atoms with van der Waals surface area (Å²) in [6, 6.07) is 15.1. The van der Waals surface area contributed by atoms with Crippen LogP contribution in [0.1, 0.15) is 43.4 Å². The normalized spacial score (nSPS) is 19.4. The number of benzene rings is 2. The van der Waals surface area contributed by atoms with E-state index in [2.05, 4.69) is 9.88 Å². The highest BCUT2D eigenvalue weighted by Crippen LogP contribution is 2.43.